The van der Waals surface area contributed by atoms with Crippen molar-refractivity contribution in [2.75, 3.05) is 25.0 Å². The summed E-state index contributed by atoms with van der Waals surface area (Å²) in [5, 5.41) is 2.78. The molecule has 3 rings (SSSR count). The average Bonchev–Trinajstić information content (AvgIpc) is 3.10. The number of likely N-dealkylation sites (tertiary alicyclic amines) is 1. The van der Waals surface area contributed by atoms with Crippen LogP contribution in [0.1, 0.15) is 19.8 Å². The van der Waals surface area contributed by atoms with Gasteiger partial charge in [-0.25, -0.2) is 13.6 Å². The molecule has 0 radical (unpaired) electrons. The second-order valence-corrected chi connectivity index (χ2v) is 5.98. The van der Waals surface area contributed by atoms with E-state index in [1.54, 1.807) is 18.2 Å². The van der Waals surface area contributed by atoms with Gasteiger partial charge in [0.05, 0.1) is 12.3 Å². The number of alkyl halides is 2. The molecular weight excluding hydrogens is 328 g/mol. The second-order valence-electron chi connectivity index (χ2n) is 5.98. The Bertz CT molecular complexity index is 722. The molecule has 1 aliphatic heterocycles. The van der Waals surface area contributed by atoms with Gasteiger partial charge in [-0.15, -0.1) is 0 Å². The summed E-state index contributed by atoms with van der Waals surface area (Å²) >= 11 is 0. The molecule has 1 fully saturated rings. The maximum atomic E-state index is 13.2. The Morgan fingerprint density at radius 3 is 2.56 bits per heavy atom. The van der Waals surface area contributed by atoms with Gasteiger partial charge in [0.15, 0.2) is 0 Å². The van der Waals surface area contributed by atoms with E-state index in [2.05, 4.69) is 5.32 Å². The van der Waals surface area contributed by atoms with Crippen LogP contribution in [0.15, 0.2) is 42.7 Å². The summed E-state index contributed by atoms with van der Waals surface area (Å²) in [5.74, 6) is -1.97. The molecule has 0 spiro atoms. The normalized spacial score (nSPS) is 16.5. The second kappa shape index (κ2) is 7.13. The summed E-state index contributed by atoms with van der Waals surface area (Å²) in [6, 6.07) is 8.77. The number of rotatable bonds is 4. The number of urea groups is 1. The lowest BCUT2D eigenvalue weighted by molar-refractivity contribution is -0.0461. The number of benzene rings is 1. The van der Waals surface area contributed by atoms with E-state index in [1.807, 2.05) is 36.0 Å². The summed E-state index contributed by atoms with van der Waals surface area (Å²) in [5.41, 5.74) is 1.39. The zero-order chi connectivity index (χ0) is 17.9. The molecule has 25 heavy (non-hydrogen) atoms. The summed E-state index contributed by atoms with van der Waals surface area (Å²) in [6.45, 7) is 2.55. The van der Waals surface area contributed by atoms with E-state index < -0.39 is 5.92 Å². The maximum absolute atomic E-state index is 13.2. The quantitative estimate of drug-likeness (QED) is 0.902. The van der Waals surface area contributed by atoms with E-state index in [0.717, 1.165) is 5.69 Å². The van der Waals surface area contributed by atoms with Crippen LogP contribution in [-0.4, -0.2) is 41.1 Å². The van der Waals surface area contributed by atoms with Crippen molar-refractivity contribution in [3.63, 3.8) is 0 Å². The van der Waals surface area contributed by atoms with Crippen molar-refractivity contribution in [2.45, 2.75) is 25.7 Å². The molecule has 0 atom stereocenters. The smallest absolute Gasteiger partial charge is 0.321 e. The van der Waals surface area contributed by atoms with E-state index in [1.165, 1.54) is 4.90 Å². The lowest BCUT2D eigenvalue weighted by Gasteiger charge is -2.31. The zero-order valence-electron chi connectivity index (χ0n) is 14.0. The van der Waals surface area contributed by atoms with Gasteiger partial charge in [0.25, 0.3) is 5.92 Å². The summed E-state index contributed by atoms with van der Waals surface area (Å²) in [7, 11) is 0. The molecule has 7 heteroatoms. The highest BCUT2D eigenvalue weighted by Gasteiger charge is 2.35. The molecule has 2 heterocycles. The van der Waals surface area contributed by atoms with Gasteiger partial charge in [-0.1, -0.05) is 0 Å². The molecule has 0 bridgehead atoms. The third-order valence-corrected chi connectivity index (χ3v) is 4.17. The number of nitrogens with one attached hydrogen (secondary N) is 1. The van der Waals surface area contributed by atoms with Crippen LogP contribution >= 0.6 is 0 Å². The minimum absolute atomic E-state index is 0.0559. The molecule has 1 N–H and O–H groups in total. The highest BCUT2D eigenvalue weighted by Crippen LogP contribution is 2.29. The standard InChI is InChI=1S/C18H21F2N3O2/c1-2-25-16-6-5-14(13-15(16)22-9-3-4-10-22)21-17(24)23-11-7-18(19,20)8-12-23/h3-6,9-10,13H,2,7-8,11-12H2,1H3,(H,21,24). The van der Waals surface area contributed by atoms with Crippen molar-refractivity contribution in [1.82, 2.24) is 9.47 Å². The topological polar surface area (TPSA) is 46.5 Å². The van der Waals surface area contributed by atoms with Crippen molar-refractivity contribution in [3.05, 3.63) is 42.7 Å². The fourth-order valence-corrected chi connectivity index (χ4v) is 2.81. The number of amides is 2. The van der Waals surface area contributed by atoms with Gasteiger partial charge in [0.2, 0.25) is 0 Å². The van der Waals surface area contributed by atoms with Crippen LogP contribution in [0.3, 0.4) is 0 Å². The first-order valence-corrected chi connectivity index (χ1v) is 8.32. The summed E-state index contributed by atoms with van der Waals surface area (Å²) in [6.07, 6.45) is 3.18. The van der Waals surface area contributed by atoms with Gasteiger partial charge in [-0.2, -0.15) is 0 Å². The first-order chi connectivity index (χ1) is 12.0. The van der Waals surface area contributed by atoms with Crippen molar-refractivity contribution >= 4 is 11.7 Å². The van der Waals surface area contributed by atoms with Gasteiger partial charge >= 0.3 is 6.03 Å². The molecule has 5 nitrogen and oxygen atoms in total. The van der Waals surface area contributed by atoms with Gasteiger partial charge in [-0.3, -0.25) is 0 Å². The van der Waals surface area contributed by atoms with Crippen LogP contribution in [0.4, 0.5) is 19.3 Å². The Kier molecular flexibility index (Phi) is 4.92. The van der Waals surface area contributed by atoms with Gasteiger partial charge in [0.1, 0.15) is 5.75 Å². The molecule has 0 aliphatic carbocycles. The Morgan fingerprint density at radius 1 is 1.24 bits per heavy atom. The number of aromatic nitrogens is 1. The fraction of sp³-hybridized carbons (Fsp3) is 0.389. The number of carbonyl (C=O) groups excluding carboxylic acids is 1. The molecule has 1 saturated heterocycles. The molecule has 2 amide bonds. The van der Waals surface area contributed by atoms with E-state index in [9.17, 15) is 13.6 Å². The Hall–Kier alpha value is -2.57. The zero-order valence-corrected chi connectivity index (χ0v) is 14.0. The molecule has 1 aromatic carbocycles. The number of carbonyl (C=O) groups is 1. The molecular formula is C18H21F2N3O2. The van der Waals surface area contributed by atoms with Gasteiger partial charge in [-0.05, 0) is 37.3 Å². The number of halogens is 2. The van der Waals surface area contributed by atoms with E-state index >= 15 is 0 Å². The van der Waals surface area contributed by atoms with Gasteiger partial charge < -0.3 is 19.5 Å². The largest absolute Gasteiger partial charge is 0.492 e. The first kappa shape index (κ1) is 17.3. The van der Waals surface area contributed by atoms with Crippen LogP contribution in [0.5, 0.6) is 5.75 Å². The number of anilines is 1. The van der Waals surface area contributed by atoms with Crippen molar-refractivity contribution in [1.29, 1.82) is 0 Å². The fourth-order valence-electron chi connectivity index (χ4n) is 2.81. The van der Waals surface area contributed by atoms with Crippen LogP contribution in [-0.2, 0) is 0 Å². The monoisotopic (exact) mass is 349 g/mol. The minimum Gasteiger partial charge on any atom is -0.492 e. The summed E-state index contributed by atoms with van der Waals surface area (Å²) in [4.78, 5) is 13.7. The molecule has 1 aliphatic rings. The molecule has 0 saturated carbocycles. The van der Waals surface area contributed by atoms with Crippen LogP contribution in [0.25, 0.3) is 5.69 Å². The van der Waals surface area contributed by atoms with E-state index in [0.29, 0.717) is 18.0 Å². The van der Waals surface area contributed by atoms with Crippen LogP contribution in [0.2, 0.25) is 0 Å². The molecule has 1 aromatic heterocycles. The number of piperidine rings is 1. The lowest BCUT2D eigenvalue weighted by Crippen LogP contribution is -2.44. The van der Waals surface area contributed by atoms with E-state index in [-0.39, 0.29) is 32.0 Å². The van der Waals surface area contributed by atoms with Crippen LogP contribution < -0.4 is 10.1 Å². The first-order valence-electron chi connectivity index (χ1n) is 8.32. The maximum Gasteiger partial charge on any atom is 0.321 e. The average molecular weight is 349 g/mol. The van der Waals surface area contributed by atoms with E-state index in [4.69, 9.17) is 4.74 Å². The molecule has 0 unspecified atom stereocenters. The Morgan fingerprint density at radius 2 is 1.92 bits per heavy atom. The summed E-state index contributed by atoms with van der Waals surface area (Å²) < 4.78 is 34.0. The number of nitrogens with zero attached hydrogens (tertiary/aromatic N) is 2. The number of hydrogen-bond acceptors (Lipinski definition) is 2. The minimum atomic E-state index is -2.67. The predicted octanol–water partition coefficient (Wildman–Crippen LogP) is 4.14. The lowest BCUT2D eigenvalue weighted by atomic mass is 10.1. The number of ether oxygens (including phenoxy) is 1. The van der Waals surface area contributed by atoms with Crippen molar-refractivity contribution < 1.29 is 18.3 Å². The number of hydrogen-bond donors (Lipinski definition) is 1. The third kappa shape index (κ3) is 4.10. The Labute approximate surface area is 145 Å². The van der Waals surface area contributed by atoms with Gasteiger partial charge in [0, 0.05) is 44.0 Å². The highest BCUT2D eigenvalue weighted by atomic mass is 19.3. The molecule has 134 valence electrons. The SMILES string of the molecule is CCOc1ccc(NC(=O)N2CCC(F)(F)CC2)cc1-n1cccc1. The highest BCUT2D eigenvalue weighted by molar-refractivity contribution is 5.90. The Balaban J connectivity index is 1.74. The van der Waals surface area contributed by atoms with Crippen LogP contribution in [0, 0.1) is 0 Å². The predicted molar refractivity (Wildman–Crippen MR) is 91.7 cm³/mol. The van der Waals surface area contributed by atoms with Crippen molar-refractivity contribution in [2.24, 2.45) is 0 Å². The van der Waals surface area contributed by atoms with Crippen molar-refractivity contribution in [3.8, 4) is 11.4 Å². The third-order valence-electron chi connectivity index (χ3n) is 4.17. The molecule has 2 aromatic rings.